The molecule has 2 heterocycles. The second kappa shape index (κ2) is 4.93. The van der Waals surface area contributed by atoms with E-state index in [0.717, 1.165) is 5.56 Å². The average Bonchev–Trinajstić information content (AvgIpc) is 2.67. The van der Waals surface area contributed by atoms with E-state index >= 15 is 0 Å². The summed E-state index contributed by atoms with van der Waals surface area (Å²) in [4.78, 5) is 15.7. The van der Waals surface area contributed by atoms with Gasteiger partial charge >= 0.3 is 0 Å². The molecule has 2 rings (SSSR count). The second-order valence-electron chi connectivity index (χ2n) is 3.48. The van der Waals surface area contributed by atoms with Gasteiger partial charge in [-0.25, -0.2) is 0 Å². The van der Waals surface area contributed by atoms with Crippen molar-refractivity contribution in [2.45, 2.75) is 0 Å². The van der Waals surface area contributed by atoms with Crippen molar-refractivity contribution in [3.63, 3.8) is 0 Å². The number of carbonyl (C=O) groups is 1. The SMILES string of the molecule is Cn1cc(Cl)c(C(=O)/C=C/c2ccncc2)n1. The van der Waals surface area contributed by atoms with E-state index < -0.39 is 0 Å². The molecule has 0 spiro atoms. The highest BCUT2D eigenvalue weighted by Gasteiger charge is 2.11. The van der Waals surface area contributed by atoms with E-state index in [9.17, 15) is 4.79 Å². The van der Waals surface area contributed by atoms with Gasteiger partial charge in [0, 0.05) is 25.6 Å². The highest BCUT2D eigenvalue weighted by molar-refractivity contribution is 6.34. The maximum atomic E-state index is 11.8. The fraction of sp³-hybridized carbons (Fsp3) is 0.0833. The molecule has 0 aliphatic carbocycles. The zero-order valence-corrected chi connectivity index (χ0v) is 9.93. The quantitative estimate of drug-likeness (QED) is 0.618. The van der Waals surface area contributed by atoms with Gasteiger partial charge in [-0.05, 0) is 23.8 Å². The smallest absolute Gasteiger partial charge is 0.207 e. The van der Waals surface area contributed by atoms with E-state index in [0.29, 0.717) is 5.02 Å². The molecule has 0 unspecified atom stereocenters. The first-order chi connectivity index (χ1) is 8.16. The molecule has 0 aliphatic rings. The largest absolute Gasteiger partial charge is 0.287 e. The van der Waals surface area contributed by atoms with Gasteiger partial charge in [0.25, 0.3) is 0 Å². The van der Waals surface area contributed by atoms with Gasteiger partial charge in [-0.3, -0.25) is 14.5 Å². The fourth-order valence-electron chi connectivity index (χ4n) is 1.35. The lowest BCUT2D eigenvalue weighted by Crippen LogP contribution is -1.98. The molecule has 0 N–H and O–H groups in total. The summed E-state index contributed by atoms with van der Waals surface area (Å²) < 4.78 is 1.51. The van der Waals surface area contributed by atoms with Crippen LogP contribution in [0.4, 0.5) is 0 Å². The standard InChI is InChI=1S/C12H10ClN3O/c1-16-8-10(13)12(15-16)11(17)3-2-9-4-6-14-7-5-9/h2-8H,1H3/b3-2+. The molecule has 0 saturated heterocycles. The molecular formula is C12H10ClN3O. The van der Waals surface area contributed by atoms with Crippen LogP contribution in [0.3, 0.4) is 0 Å². The summed E-state index contributed by atoms with van der Waals surface area (Å²) in [5.41, 5.74) is 1.17. The minimum Gasteiger partial charge on any atom is -0.287 e. The predicted octanol–water partition coefficient (Wildman–Crippen LogP) is 2.36. The molecule has 0 amide bonds. The number of pyridine rings is 1. The van der Waals surface area contributed by atoms with Gasteiger partial charge in [0.05, 0.1) is 5.02 Å². The molecule has 0 radical (unpaired) electrons. The minimum atomic E-state index is -0.215. The molecular weight excluding hydrogens is 238 g/mol. The van der Waals surface area contributed by atoms with Crippen LogP contribution in [0.5, 0.6) is 0 Å². The van der Waals surface area contributed by atoms with E-state index in [1.54, 1.807) is 31.7 Å². The molecule has 17 heavy (non-hydrogen) atoms. The van der Waals surface area contributed by atoms with Crippen molar-refractivity contribution in [2.75, 3.05) is 0 Å². The van der Waals surface area contributed by atoms with Crippen molar-refractivity contribution in [2.24, 2.45) is 7.05 Å². The third-order valence-corrected chi connectivity index (χ3v) is 2.43. The van der Waals surface area contributed by atoms with Crippen molar-refractivity contribution >= 4 is 23.5 Å². The molecule has 0 fully saturated rings. The Bertz CT molecular complexity index is 560. The summed E-state index contributed by atoms with van der Waals surface area (Å²) in [6.45, 7) is 0. The first kappa shape index (κ1) is 11.5. The third-order valence-electron chi connectivity index (χ3n) is 2.15. The molecule has 2 aromatic heterocycles. The number of rotatable bonds is 3. The normalized spacial score (nSPS) is 10.9. The van der Waals surface area contributed by atoms with Crippen LogP contribution < -0.4 is 0 Å². The van der Waals surface area contributed by atoms with E-state index in [1.807, 2.05) is 12.1 Å². The lowest BCUT2D eigenvalue weighted by atomic mass is 10.2. The third kappa shape index (κ3) is 2.79. The van der Waals surface area contributed by atoms with E-state index in [-0.39, 0.29) is 11.5 Å². The van der Waals surface area contributed by atoms with E-state index in [4.69, 9.17) is 11.6 Å². The van der Waals surface area contributed by atoms with Crippen LogP contribution in [0, 0.1) is 0 Å². The number of allylic oxidation sites excluding steroid dienone is 1. The van der Waals surface area contributed by atoms with Crippen LogP contribution in [-0.4, -0.2) is 20.5 Å². The molecule has 2 aromatic rings. The Morgan fingerprint density at radius 1 is 1.41 bits per heavy atom. The molecule has 0 aliphatic heterocycles. The monoisotopic (exact) mass is 247 g/mol. The number of aryl methyl sites for hydroxylation is 1. The minimum absolute atomic E-state index is 0.215. The van der Waals surface area contributed by atoms with Gasteiger partial charge < -0.3 is 0 Å². The highest BCUT2D eigenvalue weighted by Crippen LogP contribution is 2.14. The van der Waals surface area contributed by atoms with E-state index in [1.165, 1.54) is 10.8 Å². The molecule has 0 saturated carbocycles. The van der Waals surface area contributed by atoms with Crippen molar-refractivity contribution in [3.8, 4) is 0 Å². The van der Waals surface area contributed by atoms with Crippen molar-refractivity contribution in [3.05, 3.63) is 53.1 Å². The molecule has 5 heteroatoms. The Morgan fingerprint density at radius 3 is 2.71 bits per heavy atom. The topological polar surface area (TPSA) is 47.8 Å². The summed E-state index contributed by atoms with van der Waals surface area (Å²) >= 11 is 5.87. The predicted molar refractivity (Wildman–Crippen MR) is 65.8 cm³/mol. The van der Waals surface area contributed by atoms with Crippen molar-refractivity contribution in [1.82, 2.24) is 14.8 Å². The summed E-state index contributed by atoms with van der Waals surface area (Å²) in [5, 5.41) is 4.35. The van der Waals surface area contributed by atoms with Gasteiger partial charge in [0.1, 0.15) is 0 Å². The first-order valence-electron chi connectivity index (χ1n) is 4.98. The fourth-order valence-corrected chi connectivity index (χ4v) is 1.62. The number of carbonyl (C=O) groups excluding carboxylic acids is 1. The second-order valence-corrected chi connectivity index (χ2v) is 3.88. The average molecular weight is 248 g/mol. The number of halogens is 1. The number of aromatic nitrogens is 3. The molecule has 0 atom stereocenters. The Morgan fingerprint density at radius 2 is 2.12 bits per heavy atom. The summed E-state index contributed by atoms with van der Waals surface area (Å²) in [5.74, 6) is -0.215. The molecule has 86 valence electrons. The number of hydrogen-bond acceptors (Lipinski definition) is 3. The molecule has 4 nitrogen and oxygen atoms in total. The van der Waals surface area contributed by atoms with Gasteiger partial charge in [-0.2, -0.15) is 5.10 Å². The summed E-state index contributed by atoms with van der Waals surface area (Å²) in [6, 6.07) is 3.62. The molecule has 0 bridgehead atoms. The Labute approximate surface area is 104 Å². The zero-order valence-electron chi connectivity index (χ0n) is 9.17. The van der Waals surface area contributed by atoms with Gasteiger partial charge in [-0.15, -0.1) is 0 Å². The first-order valence-corrected chi connectivity index (χ1v) is 5.36. The van der Waals surface area contributed by atoms with Gasteiger partial charge in [-0.1, -0.05) is 17.7 Å². The number of nitrogens with zero attached hydrogens (tertiary/aromatic N) is 3. The van der Waals surface area contributed by atoms with Gasteiger partial charge in [0.2, 0.25) is 5.78 Å². The summed E-state index contributed by atoms with van der Waals surface area (Å²) in [7, 11) is 1.72. The Balaban J connectivity index is 2.18. The Kier molecular flexibility index (Phi) is 3.35. The number of ketones is 1. The zero-order chi connectivity index (χ0) is 12.3. The lowest BCUT2D eigenvalue weighted by Gasteiger charge is -1.91. The summed E-state index contributed by atoms with van der Waals surface area (Å²) in [6.07, 6.45) is 8.07. The van der Waals surface area contributed by atoms with Crippen LogP contribution in [0.2, 0.25) is 5.02 Å². The van der Waals surface area contributed by atoms with Crippen LogP contribution in [-0.2, 0) is 7.05 Å². The highest BCUT2D eigenvalue weighted by atomic mass is 35.5. The lowest BCUT2D eigenvalue weighted by molar-refractivity contribution is 0.104. The Hall–Kier alpha value is -1.94. The van der Waals surface area contributed by atoms with Crippen LogP contribution in [0.25, 0.3) is 6.08 Å². The maximum absolute atomic E-state index is 11.8. The van der Waals surface area contributed by atoms with Crippen molar-refractivity contribution < 1.29 is 4.79 Å². The van der Waals surface area contributed by atoms with Gasteiger partial charge in [0.15, 0.2) is 5.69 Å². The maximum Gasteiger partial charge on any atom is 0.207 e. The van der Waals surface area contributed by atoms with Crippen LogP contribution >= 0.6 is 11.6 Å². The van der Waals surface area contributed by atoms with Crippen LogP contribution in [0.1, 0.15) is 16.1 Å². The van der Waals surface area contributed by atoms with Crippen LogP contribution in [0.15, 0.2) is 36.8 Å². The molecule has 0 aromatic carbocycles. The number of hydrogen-bond donors (Lipinski definition) is 0. The van der Waals surface area contributed by atoms with Crippen molar-refractivity contribution in [1.29, 1.82) is 0 Å². The van der Waals surface area contributed by atoms with E-state index in [2.05, 4.69) is 10.1 Å².